The topological polar surface area (TPSA) is 413 Å². The molecule has 23 aromatic rings. The largest absolute Gasteiger partial charge is 0.416 e. The molecule has 0 atom stereocenters. The number of alkyl halides is 3. The summed E-state index contributed by atoms with van der Waals surface area (Å²) in [7, 11) is 4.01. The first kappa shape index (κ1) is 99.6. The third-order valence-electron chi connectivity index (χ3n) is 22.3. The van der Waals surface area contributed by atoms with Gasteiger partial charge >= 0.3 is 6.18 Å². The molecule has 0 unspecified atom stereocenters. The number of nitriles is 2. The normalized spacial score (nSPS) is 10.9. The molecular weight excluding hydrogens is 1880 g/mol. The van der Waals surface area contributed by atoms with E-state index in [0.29, 0.717) is 81.4 Å². The summed E-state index contributed by atoms with van der Waals surface area (Å²) in [5.74, 6) is 6.36. The van der Waals surface area contributed by atoms with Gasteiger partial charge in [0, 0.05) is 184 Å². The molecule has 0 N–H and O–H groups in total. The number of nitrogens with zero attached hydrogens (tertiary/aromatic N) is 24. The lowest BCUT2D eigenvalue weighted by atomic mass is 9.86. The standard InChI is InChI=1S/C18H19N3O.2C17H11N3O.C17H17N3O.C15H7F3N4O.C15H14N4O.C14H7FN4O/c1-13(2)6-7-14-4-3-5-16(12-14)18-20-17(21-22-18)15-8-10-19-11-9-15;1-2-6-14-12(4-1)5-3-7-15(14)17-19-16(20-21-17)13-8-10-18-11-9-13;1-2-4-14-11-15(6-5-12(14)3-1)17-19-16(20-21-17)13-7-9-18-10-8-13;1-17(2,3)14-6-4-5-13(11-14)16-19-15(20-21-16)12-7-9-18-10-8-12;16-15(17,18)12-6-9(8-19)5-11(7-12)14-21-13(22-23-14)10-1-3-20-4-2-10;1-19(2)13-5-3-12(4-6-13)15-17-14(18-20-15)11-7-9-16-10-8-11;15-12-6-9(8-16)5-11(7-12)14-18-13(19-20-14)10-1-3-17-4-2-10/h3-5,8-13H,6-7H2,1-2H3;2*1-11H;4-11H,1-3H3;1-7H;3-10H,1-2H3;1-7H. The SMILES string of the molecule is CC(C)(C)c1cccc(-c2nc(-c3ccncc3)no2)c1.CC(C)CCc1cccc(-c2nc(-c3ccncc3)no2)c1.CN(C)c1ccc(-c2nc(-c3ccncc3)no2)cc1.N#Cc1cc(-c2nc(-c3ccncc3)no2)cc(C(F)(F)F)c1.N#Cc1cc(F)cc(-c2nc(-c3ccncc3)no2)c1.c1ccc2c(-c3nc(-c4ccncc4)no3)cccc2c1.c1ccc2cc(-c3nc(-c4ccncc4)no3)ccc2c1. The van der Waals surface area contributed by atoms with Crippen molar-refractivity contribution in [2.75, 3.05) is 19.0 Å². The Hall–Kier alpha value is -20.0. The molecule has 0 fully saturated rings. The Morgan fingerprint density at radius 1 is 0.297 bits per heavy atom. The highest BCUT2D eigenvalue weighted by atomic mass is 19.4. The molecule has 148 heavy (non-hydrogen) atoms. The number of rotatable bonds is 18. The Balaban J connectivity index is 0.000000118. The van der Waals surface area contributed by atoms with Gasteiger partial charge in [0.05, 0.1) is 28.8 Å². The summed E-state index contributed by atoms with van der Waals surface area (Å²) in [6.07, 6.45) is 21.1. The molecule has 0 bridgehead atoms. The number of pyridine rings is 7. The minimum Gasteiger partial charge on any atom is -0.378 e. The molecule has 35 heteroatoms. The lowest BCUT2D eigenvalue weighted by Crippen LogP contribution is -2.10. The molecule has 23 rings (SSSR count). The number of aromatic nitrogens is 21. The van der Waals surface area contributed by atoms with E-state index in [4.69, 9.17) is 42.2 Å². The van der Waals surface area contributed by atoms with Crippen LogP contribution >= 0.6 is 0 Å². The quantitative estimate of drug-likeness (QED) is 0.0720. The first-order valence-corrected chi connectivity index (χ1v) is 46.0. The van der Waals surface area contributed by atoms with Gasteiger partial charge in [-0.05, 0) is 245 Å². The summed E-state index contributed by atoms with van der Waals surface area (Å²) in [6.45, 7) is 11.0. The van der Waals surface area contributed by atoms with Gasteiger partial charge in [0.2, 0.25) is 40.8 Å². The van der Waals surface area contributed by atoms with E-state index in [1.165, 1.54) is 53.5 Å². The van der Waals surface area contributed by atoms with Gasteiger partial charge in [-0.1, -0.05) is 162 Å². The van der Waals surface area contributed by atoms with Crippen molar-refractivity contribution in [3.8, 4) is 172 Å². The van der Waals surface area contributed by atoms with Crippen molar-refractivity contribution >= 4 is 27.2 Å². The number of benzene rings is 9. The molecule has 0 radical (unpaired) electrons. The minimum absolute atomic E-state index is 0.0316. The predicted octanol–water partition coefficient (Wildman–Crippen LogP) is 25.7. The Morgan fingerprint density at radius 2 is 0.628 bits per heavy atom. The van der Waals surface area contributed by atoms with E-state index >= 15 is 0 Å². The molecule has 14 heterocycles. The van der Waals surface area contributed by atoms with Crippen LogP contribution in [0.2, 0.25) is 0 Å². The fraction of sp³-hybridized carbons (Fsp3) is 0.106. The summed E-state index contributed by atoms with van der Waals surface area (Å²) >= 11 is 0. The third kappa shape index (κ3) is 26.0. The molecule has 728 valence electrons. The summed E-state index contributed by atoms with van der Waals surface area (Å²) in [5, 5.41) is 50.0. The molecule has 0 aliphatic rings. The molecular formula is C113H86F4N24O7. The molecule has 0 amide bonds. The van der Waals surface area contributed by atoms with Crippen LogP contribution in [0.1, 0.15) is 68.9 Å². The Morgan fingerprint density at radius 3 is 1.03 bits per heavy atom. The third-order valence-corrected chi connectivity index (χ3v) is 22.3. The van der Waals surface area contributed by atoms with Gasteiger partial charge in [0.15, 0.2) is 0 Å². The van der Waals surface area contributed by atoms with Crippen LogP contribution in [0, 0.1) is 34.4 Å². The minimum atomic E-state index is -4.57. The van der Waals surface area contributed by atoms with Gasteiger partial charge in [-0.3, -0.25) is 34.9 Å². The second kappa shape index (κ2) is 47.1. The van der Waals surface area contributed by atoms with Crippen LogP contribution in [-0.4, -0.2) is 120 Å². The van der Waals surface area contributed by atoms with Crippen molar-refractivity contribution in [3.63, 3.8) is 0 Å². The van der Waals surface area contributed by atoms with Crippen LogP contribution in [-0.2, 0) is 18.0 Å². The Labute approximate surface area is 843 Å². The second-order valence-corrected chi connectivity index (χ2v) is 34.4. The highest BCUT2D eigenvalue weighted by Gasteiger charge is 2.32. The second-order valence-electron chi connectivity index (χ2n) is 34.4. The number of aryl methyl sites for hydroxylation is 1. The maximum Gasteiger partial charge on any atom is 0.416 e. The van der Waals surface area contributed by atoms with E-state index in [0.717, 1.165) is 108 Å². The van der Waals surface area contributed by atoms with Gasteiger partial charge in [-0.25, -0.2) is 4.39 Å². The van der Waals surface area contributed by atoms with Crippen LogP contribution < -0.4 is 4.90 Å². The summed E-state index contributed by atoms with van der Waals surface area (Å²) < 4.78 is 89.1. The van der Waals surface area contributed by atoms with Crippen molar-refractivity contribution in [3.05, 3.63) is 399 Å². The monoisotopic (exact) mass is 1970 g/mol. The van der Waals surface area contributed by atoms with Crippen molar-refractivity contribution in [2.24, 2.45) is 5.92 Å². The van der Waals surface area contributed by atoms with Crippen molar-refractivity contribution in [1.82, 2.24) is 106 Å². The van der Waals surface area contributed by atoms with Gasteiger partial charge in [0.25, 0.3) is 41.2 Å². The number of anilines is 1. The molecule has 0 saturated carbocycles. The van der Waals surface area contributed by atoms with E-state index in [1.54, 1.807) is 105 Å². The molecule has 0 saturated heterocycles. The Kier molecular flexibility index (Phi) is 31.7. The summed E-state index contributed by atoms with van der Waals surface area (Å²) in [6, 6.07) is 88.7. The van der Waals surface area contributed by atoms with Crippen LogP contribution in [0.4, 0.5) is 23.2 Å². The molecule has 9 aromatic carbocycles. The van der Waals surface area contributed by atoms with Crippen LogP contribution in [0.25, 0.3) is 181 Å². The van der Waals surface area contributed by atoms with E-state index in [-0.39, 0.29) is 39.7 Å². The van der Waals surface area contributed by atoms with E-state index in [2.05, 4.69) is 207 Å². The lowest BCUT2D eigenvalue weighted by molar-refractivity contribution is -0.137. The number of fused-ring (bicyclic) bond motifs is 2. The van der Waals surface area contributed by atoms with E-state index in [1.807, 2.05) is 177 Å². The molecule has 0 spiro atoms. The average molecular weight is 1970 g/mol. The van der Waals surface area contributed by atoms with Gasteiger partial charge in [-0.15, -0.1) is 0 Å². The Bertz CT molecular complexity index is 8380. The zero-order valence-corrected chi connectivity index (χ0v) is 80.2. The van der Waals surface area contributed by atoms with Crippen molar-refractivity contribution < 1.29 is 49.2 Å². The molecule has 0 aliphatic heterocycles. The smallest absolute Gasteiger partial charge is 0.378 e. The van der Waals surface area contributed by atoms with E-state index < -0.39 is 17.6 Å². The maximum atomic E-state index is 13.4. The zero-order valence-electron chi connectivity index (χ0n) is 80.2. The average Bonchev–Trinajstić information content (AvgIpc) is 1.52. The maximum absolute atomic E-state index is 13.4. The van der Waals surface area contributed by atoms with Gasteiger partial charge in [-0.2, -0.15) is 58.6 Å². The molecule has 0 aliphatic carbocycles. The van der Waals surface area contributed by atoms with Crippen molar-refractivity contribution in [1.29, 1.82) is 10.5 Å². The molecule has 31 nitrogen and oxygen atoms in total. The molecule has 14 aromatic heterocycles. The first-order valence-electron chi connectivity index (χ1n) is 46.0. The number of hydrogen-bond acceptors (Lipinski definition) is 31. The summed E-state index contributed by atoms with van der Waals surface area (Å²) in [4.78, 5) is 60.3. The van der Waals surface area contributed by atoms with Crippen LogP contribution in [0.3, 0.4) is 0 Å². The highest BCUT2D eigenvalue weighted by Crippen LogP contribution is 2.37. The lowest BCUT2D eigenvalue weighted by Gasteiger charge is -2.19. The van der Waals surface area contributed by atoms with Crippen molar-refractivity contribution in [2.45, 2.75) is 59.1 Å². The number of halogens is 4. The fourth-order valence-electron chi connectivity index (χ4n) is 14.5. The fourth-order valence-corrected chi connectivity index (χ4v) is 14.5. The highest BCUT2D eigenvalue weighted by molar-refractivity contribution is 5.95. The van der Waals surface area contributed by atoms with Gasteiger partial charge < -0.3 is 36.6 Å². The van der Waals surface area contributed by atoms with E-state index in [9.17, 15) is 17.6 Å². The predicted molar refractivity (Wildman–Crippen MR) is 546 cm³/mol. The van der Waals surface area contributed by atoms with Gasteiger partial charge in [0.1, 0.15) is 5.82 Å². The first-order chi connectivity index (χ1) is 72.0. The zero-order chi connectivity index (χ0) is 103. The number of hydrogen-bond donors (Lipinski definition) is 0. The summed E-state index contributed by atoms with van der Waals surface area (Å²) in [5.41, 5.74) is 13.8. The van der Waals surface area contributed by atoms with Crippen LogP contribution in [0.5, 0.6) is 0 Å². The van der Waals surface area contributed by atoms with Crippen LogP contribution in [0.15, 0.2) is 397 Å².